The molecule has 0 aliphatic heterocycles. The first-order valence-electron chi connectivity index (χ1n) is 7.10. The van der Waals surface area contributed by atoms with Crippen molar-refractivity contribution in [2.24, 2.45) is 0 Å². The van der Waals surface area contributed by atoms with E-state index in [4.69, 9.17) is 4.74 Å². The van der Waals surface area contributed by atoms with E-state index in [1.165, 1.54) is 11.8 Å². The van der Waals surface area contributed by atoms with Crippen molar-refractivity contribution in [1.82, 2.24) is 9.97 Å². The zero-order chi connectivity index (χ0) is 16.9. The number of thioether (sulfide) groups is 1. The van der Waals surface area contributed by atoms with Gasteiger partial charge < -0.3 is 10.1 Å². The summed E-state index contributed by atoms with van der Waals surface area (Å²) in [5.74, 6) is 0.693. The van der Waals surface area contributed by atoms with Gasteiger partial charge in [0.25, 0.3) is 0 Å². The van der Waals surface area contributed by atoms with Crippen molar-refractivity contribution in [2.75, 3.05) is 16.9 Å². The number of ether oxygens (including phenoxy) is 1. The van der Waals surface area contributed by atoms with Gasteiger partial charge in [0.05, 0.1) is 0 Å². The van der Waals surface area contributed by atoms with Gasteiger partial charge in [0.1, 0.15) is 11.4 Å². The van der Waals surface area contributed by atoms with Crippen molar-refractivity contribution in [3.8, 4) is 0 Å². The normalized spacial score (nSPS) is 11.0. The first-order valence-corrected chi connectivity index (χ1v) is 8.32. The van der Waals surface area contributed by atoms with Crippen LogP contribution in [0.5, 0.6) is 0 Å². The molecule has 0 bridgehead atoms. The van der Waals surface area contributed by atoms with Crippen LogP contribution in [-0.4, -0.2) is 27.9 Å². The monoisotopic (exact) mass is 332 g/mol. The Morgan fingerprint density at radius 1 is 1.22 bits per heavy atom. The maximum absolute atomic E-state index is 11.8. The second-order valence-electron chi connectivity index (χ2n) is 5.76. The molecule has 0 saturated heterocycles. The fraction of sp³-hybridized carbons (Fsp3) is 0.312. The van der Waals surface area contributed by atoms with Crippen LogP contribution in [-0.2, 0) is 4.74 Å². The molecule has 0 atom stereocenters. The Kier molecular flexibility index (Phi) is 5.44. The number of hydrogen-bond acceptors (Lipinski definition) is 6. The van der Waals surface area contributed by atoms with Gasteiger partial charge in [0, 0.05) is 17.6 Å². The summed E-state index contributed by atoms with van der Waals surface area (Å²) in [5.41, 5.74) is 0.919. The van der Waals surface area contributed by atoms with Crippen LogP contribution in [0.4, 0.5) is 22.0 Å². The number of nitrogens with one attached hydrogen (secondary N) is 2. The van der Waals surface area contributed by atoms with E-state index in [0.717, 1.165) is 5.69 Å². The molecule has 122 valence electrons. The topological polar surface area (TPSA) is 76.1 Å². The van der Waals surface area contributed by atoms with Crippen LogP contribution in [0.3, 0.4) is 0 Å². The van der Waals surface area contributed by atoms with Crippen molar-refractivity contribution in [3.05, 3.63) is 36.5 Å². The number of amides is 1. The Labute approximate surface area is 140 Å². The molecule has 6 nitrogen and oxygen atoms in total. The average molecular weight is 332 g/mol. The number of benzene rings is 1. The van der Waals surface area contributed by atoms with E-state index in [1.807, 2.05) is 45.2 Å². The predicted molar refractivity (Wildman–Crippen MR) is 93.4 cm³/mol. The minimum Gasteiger partial charge on any atom is -0.444 e. The molecule has 1 heterocycles. The highest BCUT2D eigenvalue weighted by Gasteiger charge is 2.16. The van der Waals surface area contributed by atoms with Crippen LogP contribution < -0.4 is 10.6 Å². The van der Waals surface area contributed by atoms with Gasteiger partial charge in [-0.05, 0) is 51.3 Å². The first kappa shape index (κ1) is 17.1. The third-order valence-corrected chi connectivity index (χ3v) is 3.16. The van der Waals surface area contributed by atoms with E-state index in [-0.39, 0.29) is 0 Å². The molecular formula is C16H20N4O2S. The van der Waals surface area contributed by atoms with Gasteiger partial charge in [-0.15, -0.1) is 0 Å². The minimum atomic E-state index is -0.533. The molecule has 7 heteroatoms. The molecule has 2 aromatic rings. The summed E-state index contributed by atoms with van der Waals surface area (Å²) in [6, 6.07) is 9.12. The zero-order valence-corrected chi connectivity index (χ0v) is 14.4. The summed E-state index contributed by atoms with van der Waals surface area (Å²) in [6.07, 6.45) is 3.13. The quantitative estimate of drug-likeness (QED) is 0.642. The molecule has 1 aromatic carbocycles. The lowest BCUT2D eigenvalue weighted by molar-refractivity contribution is 0.0636. The first-order chi connectivity index (χ1) is 10.9. The SMILES string of the molecule is CSc1nccc(Nc2cccc(NC(=O)OC(C)(C)C)c2)n1. The lowest BCUT2D eigenvalue weighted by Gasteiger charge is -2.19. The van der Waals surface area contributed by atoms with Gasteiger partial charge >= 0.3 is 6.09 Å². The second-order valence-corrected chi connectivity index (χ2v) is 6.53. The van der Waals surface area contributed by atoms with Gasteiger partial charge in [-0.2, -0.15) is 0 Å². The highest BCUT2D eigenvalue weighted by atomic mass is 32.2. The highest BCUT2D eigenvalue weighted by molar-refractivity contribution is 7.98. The van der Waals surface area contributed by atoms with Gasteiger partial charge in [0.15, 0.2) is 5.16 Å². The van der Waals surface area contributed by atoms with Gasteiger partial charge in [-0.1, -0.05) is 17.8 Å². The Bertz CT molecular complexity index is 686. The van der Waals surface area contributed by atoms with Crippen molar-refractivity contribution in [1.29, 1.82) is 0 Å². The standard InChI is InChI=1S/C16H20N4O2S/c1-16(2,3)22-15(21)19-12-7-5-6-11(10-12)18-13-8-9-17-14(20-13)23-4/h5-10H,1-4H3,(H,19,21)(H,17,18,20). The zero-order valence-electron chi connectivity index (χ0n) is 13.6. The number of rotatable bonds is 4. The molecule has 0 spiro atoms. The molecule has 2 N–H and O–H groups in total. The molecule has 0 aliphatic rings. The lowest BCUT2D eigenvalue weighted by atomic mass is 10.2. The van der Waals surface area contributed by atoms with Crippen molar-refractivity contribution in [3.63, 3.8) is 0 Å². The van der Waals surface area contributed by atoms with E-state index < -0.39 is 11.7 Å². The number of aromatic nitrogens is 2. The number of nitrogens with zero attached hydrogens (tertiary/aromatic N) is 2. The Morgan fingerprint density at radius 3 is 2.65 bits per heavy atom. The highest BCUT2D eigenvalue weighted by Crippen LogP contribution is 2.20. The maximum Gasteiger partial charge on any atom is 0.412 e. The van der Waals surface area contributed by atoms with Crippen molar-refractivity contribution in [2.45, 2.75) is 31.5 Å². The molecular weight excluding hydrogens is 312 g/mol. The minimum absolute atomic E-state index is 0.485. The molecule has 0 radical (unpaired) electrons. The van der Waals surface area contributed by atoms with Crippen LogP contribution in [0, 0.1) is 0 Å². The number of carbonyl (C=O) groups excluding carboxylic acids is 1. The second kappa shape index (κ2) is 7.32. The molecule has 0 fully saturated rings. The number of hydrogen-bond donors (Lipinski definition) is 2. The van der Waals surface area contributed by atoms with E-state index in [9.17, 15) is 4.79 Å². The predicted octanol–water partition coefficient (Wildman–Crippen LogP) is 4.29. The number of carbonyl (C=O) groups is 1. The summed E-state index contributed by atoms with van der Waals surface area (Å²) in [7, 11) is 0. The molecule has 1 aromatic heterocycles. The smallest absolute Gasteiger partial charge is 0.412 e. The van der Waals surface area contributed by atoms with Crippen LogP contribution >= 0.6 is 11.8 Å². The molecule has 0 unspecified atom stereocenters. The summed E-state index contributed by atoms with van der Waals surface area (Å²) < 4.78 is 5.24. The summed E-state index contributed by atoms with van der Waals surface area (Å²) in [5, 5.41) is 6.59. The van der Waals surface area contributed by atoms with E-state index in [0.29, 0.717) is 16.7 Å². The summed E-state index contributed by atoms with van der Waals surface area (Å²) >= 11 is 1.47. The van der Waals surface area contributed by atoms with Crippen molar-refractivity contribution >= 4 is 35.0 Å². The van der Waals surface area contributed by atoms with Crippen LogP contribution in [0.2, 0.25) is 0 Å². The van der Waals surface area contributed by atoms with E-state index >= 15 is 0 Å². The largest absolute Gasteiger partial charge is 0.444 e. The molecule has 2 rings (SSSR count). The average Bonchev–Trinajstić information content (AvgIpc) is 2.45. The Hall–Kier alpha value is -2.28. The van der Waals surface area contributed by atoms with Gasteiger partial charge in [-0.25, -0.2) is 14.8 Å². The third kappa shape index (κ3) is 5.78. The van der Waals surface area contributed by atoms with E-state index in [2.05, 4.69) is 20.6 Å². The fourth-order valence-electron chi connectivity index (χ4n) is 1.75. The van der Waals surface area contributed by atoms with Gasteiger partial charge in [-0.3, -0.25) is 5.32 Å². The Balaban J connectivity index is 2.06. The van der Waals surface area contributed by atoms with Crippen molar-refractivity contribution < 1.29 is 9.53 Å². The molecule has 1 amide bonds. The lowest BCUT2D eigenvalue weighted by Crippen LogP contribution is -2.27. The van der Waals surface area contributed by atoms with Gasteiger partial charge in [0.2, 0.25) is 0 Å². The summed E-state index contributed by atoms with van der Waals surface area (Å²) in [4.78, 5) is 20.3. The fourth-order valence-corrected chi connectivity index (χ4v) is 2.11. The summed E-state index contributed by atoms with van der Waals surface area (Å²) in [6.45, 7) is 5.47. The molecule has 23 heavy (non-hydrogen) atoms. The molecule has 0 aliphatic carbocycles. The molecule has 0 saturated carbocycles. The van der Waals surface area contributed by atoms with Crippen LogP contribution in [0.1, 0.15) is 20.8 Å². The Morgan fingerprint density at radius 2 is 1.96 bits per heavy atom. The van der Waals surface area contributed by atoms with E-state index in [1.54, 1.807) is 18.3 Å². The third-order valence-electron chi connectivity index (χ3n) is 2.60. The maximum atomic E-state index is 11.8. The number of anilines is 3. The van der Waals surface area contributed by atoms with Crippen LogP contribution in [0.15, 0.2) is 41.7 Å². The van der Waals surface area contributed by atoms with Crippen LogP contribution in [0.25, 0.3) is 0 Å².